The number of pyridine rings is 1. The van der Waals surface area contributed by atoms with E-state index in [2.05, 4.69) is 10.3 Å². The lowest BCUT2D eigenvalue weighted by Gasteiger charge is -2.17. The van der Waals surface area contributed by atoms with E-state index in [-0.39, 0.29) is 11.8 Å². The maximum Gasteiger partial charge on any atom is 0.249 e. The number of nitrogens with one attached hydrogen (secondary N) is 1. The van der Waals surface area contributed by atoms with Gasteiger partial charge in [-0.1, -0.05) is 11.6 Å². The van der Waals surface area contributed by atoms with Crippen LogP contribution in [0, 0.1) is 0 Å². The van der Waals surface area contributed by atoms with Gasteiger partial charge in [0, 0.05) is 36.1 Å². The van der Waals surface area contributed by atoms with E-state index in [0.717, 1.165) is 11.3 Å². The monoisotopic (exact) mass is 343 g/mol. The van der Waals surface area contributed by atoms with Gasteiger partial charge >= 0.3 is 0 Å². The summed E-state index contributed by atoms with van der Waals surface area (Å²) in [5.41, 5.74) is 1.86. The van der Waals surface area contributed by atoms with Crippen LogP contribution in [0.1, 0.15) is 18.4 Å². The van der Waals surface area contributed by atoms with Crippen molar-refractivity contribution in [1.29, 1.82) is 0 Å². The van der Waals surface area contributed by atoms with E-state index >= 15 is 0 Å². The van der Waals surface area contributed by atoms with Gasteiger partial charge in [0.15, 0.2) is 0 Å². The van der Waals surface area contributed by atoms with Gasteiger partial charge in [-0.2, -0.15) is 0 Å². The maximum atomic E-state index is 12.5. The van der Waals surface area contributed by atoms with Crippen molar-refractivity contribution >= 4 is 29.1 Å². The molecule has 6 heteroatoms. The standard InChI is InChI=1S/C18H18ClN3O2/c19-14-2-4-15(5-3-14)22-12-9-16(18(22)24)21-17(23)6-1-13-7-10-20-11-8-13/h2-5,7-8,10-11,16H,1,6,9,12H2,(H,21,23). The average molecular weight is 344 g/mol. The molecule has 5 nitrogen and oxygen atoms in total. The summed E-state index contributed by atoms with van der Waals surface area (Å²) in [6.45, 7) is 0.593. The number of anilines is 1. The van der Waals surface area contributed by atoms with Gasteiger partial charge in [0.05, 0.1) is 0 Å². The lowest BCUT2D eigenvalue weighted by atomic mass is 10.1. The molecule has 1 aromatic carbocycles. The number of aromatic nitrogens is 1. The van der Waals surface area contributed by atoms with E-state index in [4.69, 9.17) is 11.6 Å². The third-order valence-electron chi connectivity index (χ3n) is 4.07. The van der Waals surface area contributed by atoms with Crippen molar-refractivity contribution in [2.24, 2.45) is 0 Å². The fraction of sp³-hybridized carbons (Fsp3) is 0.278. The minimum Gasteiger partial charge on any atom is -0.344 e. The third-order valence-corrected chi connectivity index (χ3v) is 4.32. The van der Waals surface area contributed by atoms with Gasteiger partial charge < -0.3 is 10.2 Å². The van der Waals surface area contributed by atoms with E-state index in [1.54, 1.807) is 29.4 Å². The van der Waals surface area contributed by atoms with Crippen LogP contribution in [0.3, 0.4) is 0 Å². The summed E-state index contributed by atoms with van der Waals surface area (Å²) in [6, 6.07) is 10.5. The molecule has 0 spiro atoms. The summed E-state index contributed by atoms with van der Waals surface area (Å²) >= 11 is 5.87. The summed E-state index contributed by atoms with van der Waals surface area (Å²) in [5.74, 6) is -0.183. The largest absolute Gasteiger partial charge is 0.344 e. The number of carbonyl (C=O) groups is 2. The highest BCUT2D eigenvalue weighted by atomic mass is 35.5. The fourth-order valence-corrected chi connectivity index (χ4v) is 2.89. The van der Waals surface area contributed by atoms with Crippen molar-refractivity contribution in [3.05, 3.63) is 59.4 Å². The number of nitrogens with zero attached hydrogens (tertiary/aromatic N) is 2. The number of benzene rings is 1. The molecule has 1 aromatic heterocycles. The maximum absolute atomic E-state index is 12.5. The highest BCUT2D eigenvalue weighted by Crippen LogP contribution is 2.23. The molecular formula is C18H18ClN3O2. The first kappa shape index (κ1) is 16.5. The summed E-state index contributed by atoms with van der Waals surface area (Å²) < 4.78 is 0. The Morgan fingerprint density at radius 1 is 1.21 bits per heavy atom. The number of carbonyl (C=O) groups excluding carboxylic acids is 2. The quantitative estimate of drug-likeness (QED) is 0.907. The SMILES string of the molecule is O=C(CCc1ccncc1)NC1CCN(c2ccc(Cl)cc2)C1=O. The molecule has 1 fully saturated rings. The van der Waals surface area contributed by atoms with Crippen LogP contribution >= 0.6 is 11.6 Å². The summed E-state index contributed by atoms with van der Waals surface area (Å²) in [7, 11) is 0. The van der Waals surface area contributed by atoms with Gasteiger partial charge in [-0.05, 0) is 54.8 Å². The van der Waals surface area contributed by atoms with Crippen molar-refractivity contribution in [1.82, 2.24) is 10.3 Å². The average Bonchev–Trinajstić information content (AvgIpc) is 2.95. The van der Waals surface area contributed by atoms with E-state index in [0.29, 0.717) is 30.8 Å². The number of amides is 2. The lowest BCUT2D eigenvalue weighted by molar-refractivity contribution is -0.126. The molecule has 124 valence electrons. The molecule has 1 unspecified atom stereocenters. The Bertz CT molecular complexity index is 719. The van der Waals surface area contributed by atoms with Gasteiger partial charge in [0.2, 0.25) is 11.8 Å². The molecular weight excluding hydrogens is 326 g/mol. The predicted molar refractivity (Wildman–Crippen MR) is 92.9 cm³/mol. The minimum atomic E-state index is -0.453. The van der Waals surface area contributed by atoms with Crippen molar-refractivity contribution < 1.29 is 9.59 Å². The van der Waals surface area contributed by atoms with Crippen LogP contribution in [0.2, 0.25) is 5.02 Å². The Labute approximate surface area is 145 Å². The highest BCUT2D eigenvalue weighted by molar-refractivity contribution is 6.30. The van der Waals surface area contributed by atoms with E-state index in [9.17, 15) is 9.59 Å². The second kappa shape index (κ2) is 7.45. The zero-order valence-electron chi connectivity index (χ0n) is 13.1. The summed E-state index contributed by atoms with van der Waals surface area (Å²) in [6.07, 6.45) is 5.02. The zero-order chi connectivity index (χ0) is 16.9. The molecule has 0 saturated carbocycles. The molecule has 1 N–H and O–H groups in total. The Kier molecular flexibility index (Phi) is 5.11. The highest BCUT2D eigenvalue weighted by Gasteiger charge is 2.33. The van der Waals surface area contributed by atoms with Crippen molar-refractivity contribution in [3.63, 3.8) is 0 Å². The van der Waals surface area contributed by atoms with Gasteiger partial charge in [-0.25, -0.2) is 0 Å². The number of hydrogen-bond acceptors (Lipinski definition) is 3. The van der Waals surface area contributed by atoms with Crippen LogP contribution in [0.4, 0.5) is 5.69 Å². The number of hydrogen-bond donors (Lipinski definition) is 1. The molecule has 0 aliphatic carbocycles. The molecule has 1 aliphatic heterocycles. The van der Waals surface area contributed by atoms with Crippen molar-refractivity contribution in [3.8, 4) is 0 Å². The van der Waals surface area contributed by atoms with Gasteiger partial charge in [-0.3, -0.25) is 14.6 Å². The normalized spacial score (nSPS) is 17.1. The van der Waals surface area contributed by atoms with E-state index in [1.165, 1.54) is 0 Å². The minimum absolute atomic E-state index is 0.0745. The smallest absolute Gasteiger partial charge is 0.249 e. The lowest BCUT2D eigenvalue weighted by Crippen LogP contribution is -2.41. The van der Waals surface area contributed by atoms with Gasteiger partial charge in [0.1, 0.15) is 6.04 Å². The molecule has 0 radical (unpaired) electrons. The molecule has 0 bridgehead atoms. The van der Waals surface area contributed by atoms with Crippen molar-refractivity contribution in [2.45, 2.75) is 25.3 Å². The molecule has 2 aromatic rings. The van der Waals surface area contributed by atoms with Crippen LogP contribution in [0.15, 0.2) is 48.8 Å². The van der Waals surface area contributed by atoms with Crippen molar-refractivity contribution in [2.75, 3.05) is 11.4 Å². The summed E-state index contributed by atoms with van der Waals surface area (Å²) in [4.78, 5) is 30.2. The Hall–Kier alpha value is -2.40. The molecule has 1 saturated heterocycles. The molecule has 1 aliphatic rings. The second-order valence-corrected chi connectivity index (χ2v) is 6.17. The second-order valence-electron chi connectivity index (χ2n) is 5.73. The van der Waals surface area contributed by atoms with Crippen LogP contribution in [0.5, 0.6) is 0 Å². The Morgan fingerprint density at radius 2 is 1.92 bits per heavy atom. The van der Waals surface area contributed by atoms with Crippen LogP contribution in [-0.4, -0.2) is 29.4 Å². The number of rotatable bonds is 5. The predicted octanol–water partition coefficient (Wildman–Crippen LogP) is 2.59. The first-order valence-electron chi connectivity index (χ1n) is 7.89. The topological polar surface area (TPSA) is 62.3 Å². The van der Waals surface area contributed by atoms with Gasteiger partial charge in [-0.15, -0.1) is 0 Å². The molecule has 24 heavy (non-hydrogen) atoms. The zero-order valence-corrected chi connectivity index (χ0v) is 13.9. The van der Waals surface area contributed by atoms with Crippen LogP contribution in [0.25, 0.3) is 0 Å². The van der Waals surface area contributed by atoms with Crippen LogP contribution < -0.4 is 10.2 Å². The Morgan fingerprint density at radius 3 is 2.62 bits per heavy atom. The summed E-state index contributed by atoms with van der Waals surface area (Å²) in [5, 5.41) is 3.47. The van der Waals surface area contributed by atoms with E-state index in [1.807, 2.05) is 24.3 Å². The van der Waals surface area contributed by atoms with Gasteiger partial charge in [0.25, 0.3) is 0 Å². The fourth-order valence-electron chi connectivity index (χ4n) is 2.77. The van der Waals surface area contributed by atoms with E-state index < -0.39 is 6.04 Å². The first-order valence-corrected chi connectivity index (χ1v) is 8.26. The van der Waals surface area contributed by atoms with Crippen LogP contribution in [-0.2, 0) is 16.0 Å². The number of halogens is 1. The molecule has 2 heterocycles. The number of aryl methyl sites for hydroxylation is 1. The molecule has 2 amide bonds. The molecule has 1 atom stereocenters. The third kappa shape index (κ3) is 3.92. The Balaban J connectivity index is 1.53. The first-order chi connectivity index (χ1) is 11.6. The molecule has 3 rings (SSSR count).